The molecule has 0 aliphatic carbocycles. The summed E-state index contributed by atoms with van der Waals surface area (Å²) in [5, 5.41) is 8.65. The largest absolute Gasteiger partial charge is 0.398 e. The number of hydrogen-bond donors (Lipinski definition) is 1. The van der Waals surface area contributed by atoms with E-state index in [1.54, 1.807) is 7.11 Å². The second-order valence-electron chi connectivity index (χ2n) is 3.93. The van der Waals surface area contributed by atoms with Gasteiger partial charge in [0.25, 0.3) is 0 Å². The summed E-state index contributed by atoms with van der Waals surface area (Å²) < 4.78 is 5.07. The lowest BCUT2D eigenvalue weighted by Crippen LogP contribution is -2.28. The molecule has 0 saturated carbocycles. The fourth-order valence-electron chi connectivity index (χ4n) is 1.58. The second kappa shape index (κ2) is 6.77. The lowest BCUT2D eigenvalue weighted by Gasteiger charge is -2.24. The summed E-state index contributed by atoms with van der Waals surface area (Å²) in [5.41, 5.74) is 8.78. The van der Waals surface area contributed by atoms with E-state index in [9.17, 15) is 0 Å². The number of nitrogens with two attached hydrogens (primary N) is 1. The molecule has 17 heavy (non-hydrogen) atoms. The van der Waals surface area contributed by atoms with E-state index in [0.717, 1.165) is 23.5 Å². The Morgan fingerprint density at radius 3 is 2.76 bits per heavy atom. The minimum absolute atomic E-state index is 0.498. The number of rotatable bonds is 6. The Labute approximate surface area is 103 Å². The molecule has 1 rings (SSSR count). The van der Waals surface area contributed by atoms with E-state index in [2.05, 4.69) is 11.0 Å². The normalized spacial score (nSPS) is 9.94. The van der Waals surface area contributed by atoms with E-state index >= 15 is 0 Å². The van der Waals surface area contributed by atoms with E-state index in [1.165, 1.54) is 0 Å². The summed E-state index contributed by atoms with van der Waals surface area (Å²) in [6.45, 7) is 4.08. The summed E-state index contributed by atoms with van der Waals surface area (Å²) in [5.74, 6) is 0. The molecule has 4 nitrogen and oxygen atoms in total. The third kappa shape index (κ3) is 3.97. The average Bonchev–Trinajstić information content (AvgIpc) is 2.33. The molecule has 0 aliphatic heterocycles. The third-order valence-electron chi connectivity index (χ3n) is 2.69. The summed E-state index contributed by atoms with van der Waals surface area (Å²) in [7, 11) is 1.67. The Kier molecular flexibility index (Phi) is 5.31. The van der Waals surface area contributed by atoms with Crippen molar-refractivity contribution in [3.05, 3.63) is 23.8 Å². The number of nitriles is 1. The maximum Gasteiger partial charge on any atom is 0.0640 e. The Bertz CT molecular complexity index is 398. The molecular formula is C13H19N3O. The summed E-state index contributed by atoms with van der Waals surface area (Å²) in [6.07, 6.45) is 0.498. The molecule has 0 amide bonds. The molecule has 1 aromatic rings. The van der Waals surface area contributed by atoms with Gasteiger partial charge in [-0.2, -0.15) is 5.26 Å². The smallest absolute Gasteiger partial charge is 0.0640 e. The first-order valence-electron chi connectivity index (χ1n) is 5.66. The summed E-state index contributed by atoms with van der Waals surface area (Å²) in [6, 6.07) is 8.13. The SMILES string of the molecule is COCCN(CCC#N)c1ccc(C)c(N)c1. The van der Waals surface area contributed by atoms with Crippen LogP contribution in [0, 0.1) is 18.3 Å². The van der Waals surface area contributed by atoms with Crippen LogP contribution in [0.2, 0.25) is 0 Å². The highest BCUT2D eigenvalue weighted by Gasteiger charge is 2.07. The van der Waals surface area contributed by atoms with E-state index in [-0.39, 0.29) is 0 Å². The van der Waals surface area contributed by atoms with Gasteiger partial charge >= 0.3 is 0 Å². The summed E-state index contributed by atoms with van der Waals surface area (Å²) in [4.78, 5) is 2.11. The zero-order valence-electron chi connectivity index (χ0n) is 10.4. The minimum atomic E-state index is 0.498. The number of benzene rings is 1. The molecule has 92 valence electrons. The molecule has 0 heterocycles. The molecule has 0 bridgehead atoms. The summed E-state index contributed by atoms with van der Waals surface area (Å²) >= 11 is 0. The molecule has 0 atom stereocenters. The molecular weight excluding hydrogens is 214 g/mol. The fourth-order valence-corrected chi connectivity index (χ4v) is 1.58. The average molecular weight is 233 g/mol. The molecule has 4 heteroatoms. The number of ether oxygens (including phenoxy) is 1. The van der Waals surface area contributed by atoms with Gasteiger partial charge in [0.15, 0.2) is 0 Å². The Balaban J connectivity index is 2.80. The topological polar surface area (TPSA) is 62.3 Å². The van der Waals surface area contributed by atoms with Gasteiger partial charge in [-0.25, -0.2) is 0 Å². The van der Waals surface area contributed by atoms with Crippen molar-refractivity contribution in [3.63, 3.8) is 0 Å². The zero-order valence-corrected chi connectivity index (χ0v) is 10.4. The highest BCUT2D eigenvalue weighted by atomic mass is 16.5. The van der Waals surface area contributed by atoms with Gasteiger partial charge in [0, 0.05) is 31.6 Å². The van der Waals surface area contributed by atoms with Crippen molar-refractivity contribution >= 4 is 11.4 Å². The Morgan fingerprint density at radius 1 is 1.41 bits per heavy atom. The van der Waals surface area contributed by atoms with Crippen LogP contribution in [-0.2, 0) is 4.74 Å². The molecule has 0 aromatic heterocycles. The van der Waals surface area contributed by atoms with Crippen LogP contribution in [0.25, 0.3) is 0 Å². The maximum absolute atomic E-state index is 8.65. The predicted molar refractivity (Wildman–Crippen MR) is 69.9 cm³/mol. The van der Waals surface area contributed by atoms with Gasteiger partial charge in [0.1, 0.15) is 0 Å². The van der Waals surface area contributed by atoms with Crippen LogP contribution in [0.5, 0.6) is 0 Å². The molecule has 0 fully saturated rings. The molecule has 0 unspecified atom stereocenters. The van der Waals surface area contributed by atoms with E-state index < -0.39 is 0 Å². The van der Waals surface area contributed by atoms with Crippen LogP contribution in [0.15, 0.2) is 18.2 Å². The van der Waals surface area contributed by atoms with E-state index in [0.29, 0.717) is 19.6 Å². The van der Waals surface area contributed by atoms with Crippen LogP contribution in [0.3, 0.4) is 0 Å². The van der Waals surface area contributed by atoms with Gasteiger partial charge in [-0.3, -0.25) is 0 Å². The standard InChI is InChI=1S/C13H19N3O/c1-11-4-5-12(10-13(11)15)16(7-3-6-14)8-9-17-2/h4-5,10H,3,7-9,15H2,1-2H3. The van der Waals surface area contributed by atoms with Gasteiger partial charge in [-0.05, 0) is 24.6 Å². The Morgan fingerprint density at radius 2 is 2.18 bits per heavy atom. The predicted octanol–water partition coefficient (Wildman–Crippen LogP) is 1.94. The van der Waals surface area contributed by atoms with Gasteiger partial charge in [-0.15, -0.1) is 0 Å². The fraction of sp³-hybridized carbons (Fsp3) is 0.462. The van der Waals surface area contributed by atoms with Crippen LogP contribution in [-0.4, -0.2) is 26.8 Å². The number of nitrogen functional groups attached to an aromatic ring is 1. The van der Waals surface area contributed by atoms with Gasteiger partial charge in [0.05, 0.1) is 19.1 Å². The van der Waals surface area contributed by atoms with Crippen LogP contribution in [0.4, 0.5) is 11.4 Å². The van der Waals surface area contributed by atoms with Crippen LogP contribution in [0.1, 0.15) is 12.0 Å². The van der Waals surface area contributed by atoms with Crippen LogP contribution >= 0.6 is 0 Å². The molecule has 0 saturated heterocycles. The van der Waals surface area contributed by atoms with Gasteiger partial charge in [0.2, 0.25) is 0 Å². The van der Waals surface area contributed by atoms with E-state index in [4.69, 9.17) is 15.7 Å². The quantitative estimate of drug-likeness (QED) is 0.763. The van der Waals surface area contributed by atoms with Crippen molar-refractivity contribution in [2.45, 2.75) is 13.3 Å². The number of anilines is 2. The van der Waals surface area contributed by atoms with Crippen molar-refractivity contribution in [1.82, 2.24) is 0 Å². The van der Waals surface area contributed by atoms with Gasteiger partial charge in [-0.1, -0.05) is 6.07 Å². The molecule has 0 aliphatic rings. The zero-order chi connectivity index (χ0) is 12.7. The second-order valence-corrected chi connectivity index (χ2v) is 3.93. The molecule has 2 N–H and O–H groups in total. The first kappa shape index (κ1) is 13.3. The number of hydrogen-bond acceptors (Lipinski definition) is 4. The van der Waals surface area contributed by atoms with Crippen molar-refractivity contribution in [2.75, 3.05) is 37.4 Å². The first-order chi connectivity index (χ1) is 8.19. The highest BCUT2D eigenvalue weighted by Crippen LogP contribution is 2.20. The monoisotopic (exact) mass is 233 g/mol. The number of nitrogens with zero attached hydrogens (tertiary/aromatic N) is 2. The van der Waals surface area contributed by atoms with Crippen molar-refractivity contribution in [1.29, 1.82) is 5.26 Å². The first-order valence-corrected chi connectivity index (χ1v) is 5.66. The van der Waals surface area contributed by atoms with Crippen molar-refractivity contribution in [3.8, 4) is 6.07 Å². The lowest BCUT2D eigenvalue weighted by atomic mass is 10.1. The number of methoxy groups -OCH3 is 1. The lowest BCUT2D eigenvalue weighted by molar-refractivity contribution is 0.205. The Hall–Kier alpha value is -1.73. The van der Waals surface area contributed by atoms with Gasteiger partial charge < -0.3 is 15.4 Å². The third-order valence-corrected chi connectivity index (χ3v) is 2.69. The molecule has 0 spiro atoms. The molecule has 0 radical (unpaired) electrons. The minimum Gasteiger partial charge on any atom is -0.398 e. The van der Waals surface area contributed by atoms with Crippen molar-refractivity contribution in [2.24, 2.45) is 0 Å². The van der Waals surface area contributed by atoms with E-state index in [1.807, 2.05) is 25.1 Å². The number of aryl methyl sites for hydroxylation is 1. The van der Waals surface area contributed by atoms with Crippen molar-refractivity contribution < 1.29 is 4.74 Å². The highest BCUT2D eigenvalue weighted by molar-refractivity contribution is 5.59. The maximum atomic E-state index is 8.65. The van der Waals surface area contributed by atoms with Crippen LogP contribution < -0.4 is 10.6 Å². The molecule has 1 aromatic carbocycles.